The molecule has 3 atom stereocenters. The molecule has 0 N–H and O–H groups in total. The van der Waals surface area contributed by atoms with Gasteiger partial charge in [-0.15, -0.1) is 0 Å². The number of ether oxygens (including phenoxy) is 1. The van der Waals surface area contributed by atoms with E-state index in [1.807, 2.05) is 0 Å². The van der Waals surface area contributed by atoms with E-state index in [-0.39, 0.29) is 12.1 Å². The Kier molecular flexibility index (Phi) is 10.3. The van der Waals surface area contributed by atoms with E-state index in [2.05, 4.69) is 32.9 Å². The zero-order chi connectivity index (χ0) is 16.2. The Morgan fingerprint density at radius 2 is 1.86 bits per heavy atom. The summed E-state index contributed by atoms with van der Waals surface area (Å²) >= 11 is 0. The van der Waals surface area contributed by atoms with Crippen LogP contribution in [0.3, 0.4) is 0 Å². The molecule has 1 aliphatic rings. The van der Waals surface area contributed by atoms with Crippen molar-refractivity contribution in [3.8, 4) is 0 Å². The summed E-state index contributed by atoms with van der Waals surface area (Å²) in [4.78, 5) is 11.8. The molecule has 0 aliphatic carbocycles. The quantitative estimate of drug-likeness (QED) is 0.325. The fourth-order valence-electron chi connectivity index (χ4n) is 3.04. The number of cyclic esters (lactones) is 1. The molecule has 0 amide bonds. The third-order valence-electron chi connectivity index (χ3n) is 4.94. The molecule has 2 heteroatoms. The Labute approximate surface area is 137 Å². The zero-order valence-electron chi connectivity index (χ0n) is 15.0. The van der Waals surface area contributed by atoms with Gasteiger partial charge in [-0.3, -0.25) is 4.79 Å². The van der Waals surface area contributed by atoms with Gasteiger partial charge in [0, 0.05) is 6.42 Å². The van der Waals surface area contributed by atoms with Gasteiger partial charge >= 0.3 is 5.97 Å². The van der Waals surface area contributed by atoms with Gasteiger partial charge in [0.2, 0.25) is 0 Å². The zero-order valence-corrected chi connectivity index (χ0v) is 15.0. The van der Waals surface area contributed by atoms with Crippen LogP contribution in [0.25, 0.3) is 0 Å². The van der Waals surface area contributed by atoms with Crippen molar-refractivity contribution in [2.75, 3.05) is 0 Å². The summed E-state index contributed by atoms with van der Waals surface area (Å²) in [7, 11) is 0. The SMILES string of the molecule is CCCCCC(C)C(C)/C=C/C1CCCCCCCC(=O)O1. The number of hydrogen-bond acceptors (Lipinski definition) is 2. The standard InChI is InChI=1S/C20H36O2/c1-4-5-9-12-17(2)18(3)15-16-19-13-10-7-6-8-11-14-20(21)22-19/h15-19H,4-14H2,1-3H3/b16-15+. The molecule has 1 fully saturated rings. The molecular formula is C20H36O2. The minimum absolute atomic E-state index is 0.00380. The van der Waals surface area contributed by atoms with Crippen molar-refractivity contribution < 1.29 is 9.53 Å². The Bertz CT molecular complexity index is 322. The number of unbranched alkanes of at least 4 members (excludes halogenated alkanes) is 2. The van der Waals surface area contributed by atoms with Crippen LogP contribution in [0.2, 0.25) is 0 Å². The molecule has 0 aromatic carbocycles. The van der Waals surface area contributed by atoms with Gasteiger partial charge in [0.15, 0.2) is 0 Å². The van der Waals surface area contributed by atoms with Crippen LogP contribution in [-0.2, 0) is 9.53 Å². The largest absolute Gasteiger partial charge is 0.458 e. The first-order valence-electron chi connectivity index (χ1n) is 9.51. The van der Waals surface area contributed by atoms with Crippen LogP contribution in [0, 0.1) is 11.8 Å². The van der Waals surface area contributed by atoms with Crippen LogP contribution in [0.5, 0.6) is 0 Å². The molecule has 0 aromatic rings. The summed E-state index contributed by atoms with van der Waals surface area (Å²) in [6.07, 6.45) is 17.1. The Morgan fingerprint density at radius 3 is 2.64 bits per heavy atom. The predicted octanol–water partition coefficient (Wildman–Crippen LogP) is 6.05. The first-order chi connectivity index (χ1) is 10.6. The molecule has 0 aromatic heterocycles. The van der Waals surface area contributed by atoms with Crippen LogP contribution in [-0.4, -0.2) is 12.1 Å². The maximum Gasteiger partial charge on any atom is 0.306 e. The van der Waals surface area contributed by atoms with Crippen molar-refractivity contribution in [1.29, 1.82) is 0 Å². The normalized spacial score (nSPS) is 24.0. The first kappa shape index (κ1) is 19.3. The smallest absolute Gasteiger partial charge is 0.306 e. The highest BCUT2D eigenvalue weighted by atomic mass is 16.5. The molecule has 22 heavy (non-hydrogen) atoms. The maximum absolute atomic E-state index is 11.8. The van der Waals surface area contributed by atoms with E-state index in [0.717, 1.165) is 12.8 Å². The van der Waals surface area contributed by atoms with Crippen molar-refractivity contribution >= 4 is 5.97 Å². The van der Waals surface area contributed by atoms with E-state index in [1.165, 1.54) is 51.4 Å². The average Bonchev–Trinajstić information content (AvgIpc) is 2.51. The third kappa shape index (κ3) is 8.60. The van der Waals surface area contributed by atoms with Crippen molar-refractivity contribution in [3.05, 3.63) is 12.2 Å². The maximum atomic E-state index is 11.8. The minimum Gasteiger partial charge on any atom is -0.458 e. The lowest BCUT2D eigenvalue weighted by atomic mass is 9.90. The summed E-state index contributed by atoms with van der Waals surface area (Å²) < 4.78 is 5.63. The van der Waals surface area contributed by atoms with Crippen molar-refractivity contribution in [2.24, 2.45) is 11.8 Å². The van der Waals surface area contributed by atoms with Crippen LogP contribution >= 0.6 is 0 Å². The number of carbonyl (C=O) groups excluding carboxylic acids is 1. The summed E-state index contributed by atoms with van der Waals surface area (Å²) in [5.74, 6) is 1.25. The third-order valence-corrected chi connectivity index (χ3v) is 4.94. The van der Waals surface area contributed by atoms with Gasteiger partial charge in [-0.2, -0.15) is 0 Å². The van der Waals surface area contributed by atoms with E-state index in [0.29, 0.717) is 18.3 Å². The van der Waals surface area contributed by atoms with Gasteiger partial charge in [0.05, 0.1) is 0 Å². The average molecular weight is 309 g/mol. The van der Waals surface area contributed by atoms with Gasteiger partial charge in [0.25, 0.3) is 0 Å². The number of esters is 1. The Morgan fingerprint density at radius 1 is 1.14 bits per heavy atom. The van der Waals surface area contributed by atoms with Gasteiger partial charge in [-0.1, -0.05) is 71.8 Å². The van der Waals surface area contributed by atoms with Crippen LogP contribution in [0.1, 0.15) is 91.4 Å². The Hall–Kier alpha value is -0.790. The monoisotopic (exact) mass is 308 g/mol. The number of hydrogen-bond donors (Lipinski definition) is 0. The van der Waals surface area contributed by atoms with Crippen molar-refractivity contribution in [2.45, 2.75) is 97.5 Å². The molecule has 0 spiro atoms. The fourth-order valence-corrected chi connectivity index (χ4v) is 3.04. The second-order valence-electron chi connectivity index (χ2n) is 7.05. The van der Waals surface area contributed by atoms with Gasteiger partial charge < -0.3 is 4.74 Å². The molecule has 0 bridgehead atoms. The van der Waals surface area contributed by atoms with Crippen LogP contribution in [0.15, 0.2) is 12.2 Å². The first-order valence-corrected chi connectivity index (χ1v) is 9.51. The number of rotatable bonds is 7. The van der Waals surface area contributed by atoms with E-state index < -0.39 is 0 Å². The van der Waals surface area contributed by atoms with Crippen molar-refractivity contribution in [3.63, 3.8) is 0 Å². The van der Waals surface area contributed by atoms with Crippen molar-refractivity contribution in [1.82, 2.24) is 0 Å². The van der Waals surface area contributed by atoms with E-state index in [1.54, 1.807) is 0 Å². The number of carbonyl (C=O) groups is 1. The predicted molar refractivity (Wildman–Crippen MR) is 93.8 cm³/mol. The molecule has 1 heterocycles. The van der Waals surface area contributed by atoms with Crippen LogP contribution < -0.4 is 0 Å². The lowest BCUT2D eigenvalue weighted by molar-refractivity contribution is -0.147. The molecule has 0 saturated carbocycles. The summed E-state index contributed by atoms with van der Waals surface area (Å²) in [5.41, 5.74) is 0. The summed E-state index contributed by atoms with van der Waals surface area (Å²) in [6.45, 7) is 6.88. The molecule has 0 radical (unpaired) electrons. The highest BCUT2D eigenvalue weighted by Gasteiger charge is 2.14. The van der Waals surface area contributed by atoms with Gasteiger partial charge in [0.1, 0.15) is 6.10 Å². The highest BCUT2D eigenvalue weighted by Crippen LogP contribution is 2.21. The minimum atomic E-state index is -0.0137. The van der Waals surface area contributed by atoms with E-state index in [4.69, 9.17) is 4.74 Å². The lowest BCUT2D eigenvalue weighted by Gasteiger charge is -2.19. The van der Waals surface area contributed by atoms with Crippen LogP contribution in [0.4, 0.5) is 0 Å². The van der Waals surface area contributed by atoms with Gasteiger partial charge in [-0.25, -0.2) is 0 Å². The fraction of sp³-hybridized carbons (Fsp3) is 0.850. The molecule has 3 unspecified atom stereocenters. The van der Waals surface area contributed by atoms with E-state index >= 15 is 0 Å². The summed E-state index contributed by atoms with van der Waals surface area (Å²) in [6, 6.07) is 0. The van der Waals surface area contributed by atoms with Gasteiger partial charge in [-0.05, 0) is 37.2 Å². The molecule has 1 saturated heterocycles. The second-order valence-corrected chi connectivity index (χ2v) is 7.05. The lowest BCUT2D eigenvalue weighted by Crippen LogP contribution is -2.17. The molecule has 2 nitrogen and oxygen atoms in total. The second kappa shape index (κ2) is 11.7. The molecule has 1 aliphatic heterocycles. The van der Waals surface area contributed by atoms with E-state index in [9.17, 15) is 4.79 Å². The number of allylic oxidation sites excluding steroid dienone is 1. The Balaban J connectivity index is 2.43. The summed E-state index contributed by atoms with van der Waals surface area (Å²) in [5, 5.41) is 0. The topological polar surface area (TPSA) is 26.3 Å². The molecule has 128 valence electrons. The highest BCUT2D eigenvalue weighted by molar-refractivity contribution is 5.69. The molecule has 1 rings (SSSR count). The molecular weight excluding hydrogens is 272 g/mol.